The van der Waals surface area contributed by atoms with E-state index in [4.69, 9.17) is 5.73 Å². The number of nitrogens with two attached hydrogens (primary N) is 1. The van der Waals surface area contributed by atoms with Crippen molar-refractivity contribution in [3.63, 3.8) is 0 Å². The van der Waals surface area contributed by atoms with Crippen molar-refractivity contribution in [3.05, 3.63) is 11.1 Å². The summed E-state index contributed by atoms with van der Waals surface area (Å²) in [7, 11) is 0. The molecule has 1 heterocycles. The van der Waals surface area contributed by atoms with Gasteiger partial charge in [0.1, 0.15) is 0 Å². The van der Waals surface area contributed by atoms with Gasteiger partial charge < -0.3 is 5.73 Å². The molecule has 4 heteroatoms. The smallest absolute Gasteiger partial charge is 0.0761 e. The van der Waals surface area contributed by atoms with Gasteiger partial charge in [0.2, 0.25) is 0 Å². The zero-order valence-corrected chi connectivity index (χ0v) is 9.39. The van der Waals surface area contributed by atoms with Gasteiger partial charge in [-0.3, -0.25) is 0 Å². The molecule has 1 saturated carbocycles. The molecule has 1 aromatic rings. The number of aromatic nitrogens is 2. The minimum absolute atomic E-state index is 0.301. The highest BCUT2D eigenvalue weighted by atomic mass is 32.1. The molecular weight excluding hydrogens is 194 g/mol. The van der Waals surface area contributed by atoms with Gasteiger partial charge in [-0.25, -0.2) is 0 Å². The Hall–Kier alpha value is -0.480. The van der Waals surface area contributed by atoms with Crippen LogP contribution >= 0.6 is 11.5 Å². The maximum Gasteiger partial charge on any atom is 0.0761 e. The zero-order chi connectivity index (χ0) is 10.0. The maximum atomic E-state index is 5.93. The van der Waals surface area contributed by atoms with Gasteiger partial charge in [0.25, 0.3) is 0 Å². The molecule has 1 aliphatic rings. The van der Waals surface area contributed by atoms with E-state index in [1.165, 1.54) is 30.8 Å². The predicted molar refractivity (Wildman–Crippen MR) is 58.1 cm³/mol. The Morgan fingerprint density at radius 1 is 1.71 bits per heavy atom. The molecule has 0 saturated heterocycles. The molecule has 0 radical (unpaired) electrons. The second-order valence-electron chi connectivity index (χ2n) is 4.43. The molecule has 0 amide bonds. The summed E-state index contributed by atoms with van der Waals surface area (Å²) < 4.78 is 3.91. The first-order valence-corrected chi connectivity index (χ1v) is 6.06. The van der Waals surface area contributed by atoms with E-state index in [9.17, 15) is 0 Å². The van der Waals surface area contributed by atoms with Gasteiger partial charge in [0.05, 0.1) is 5.69 Å². The highest BCUT2D eigenvalue weighted by Gasteiger charge is 2.39. The van der Waals surface area contributed by atoms with E-state index in [2.05, 4.69) is 16.5 Å². The van der Waals surface area contributed by atoms with Crippen LogP contribution in [0.2, 0.25) is 0 Å². The van der Waals surface area contributed by atoms with Crippen LogP contribution in [0.5, 0.6) is 0 Å². The molecular formula is C10H17N3S. The van der Waals surface area contributed by atoms with Crippen LogP contribution in [0, 0.1) is 11.3 Å². The lowest BCUT2D eigenvalue weighted by Gasteiger charge is -2.31. The summed E-state index contributed by atoms with van der Waals surface area (Å²) in [6.07, 6.45) is 4.90. The lowest BCUT2D eigenvalue weighted by Crippen LogP contribution is -2.35. The van der Waals surface area contributed by atoms with E-state index in [1.807, 2.05) is 5.38 Å². The summed E-state index contributed by atoms with van der Waals surface area (Å²) >= 11 is 1.43. The third kappa shape index (κ3) is 1.68. The lowest BCUT2D eigenvalue weighted by atomic mass is 9.75. The number of hydrogen-bond acceptors (Lipinski definition) is 4. The summed E-state index contributed by atoms with van der Waals surface area (Å²) in [5.41, 5.74) is 7.35. The maximum absolute atomic E-state index is 5.93. The van der Waals surface area contributed by atoms with Crippen molar-refractivity contribution in [1.29, 1.82) is 0 Å². The first kappa shape index (κ1) is 10.1. The standard InChI is InChI=1S/C10H17N3S/c1-8-3-2-4-10(8,7-11)5-9-6-14-13-12-9/h6,8H,2-5,7,11H2,1H3. The van der Waals surface area contributed by atoms with Gasteiger partial charge in [-0.15, -0.1) is 5.10 Å². The van der Waals surface area contributed by atoms with E-state index >= 15 is 0 Å². The third-order valence-electron chi connectivity index (χ3n) is 3.70. The molecule has 0 bridgehead atoms. The Bertz CT molecular complexity index is 286. The van der Waals surface area contributed by atoms with Crippen LogP contribution in [0.25, 0.3) is 0 Å². The Balaban J connectivity index is 2.13. The molecule has 1 aromatic heterocycles. The van der Waals surface area contributed by atoms with E-state index in [-0.39, 0.29) is 0 Å². The monoisotopic (exact) mass is 211 g/mol. The molecule has 2 N–H and O–H groups in total. The van der Waals surface area contributed by atoms with Crippen molar-refractivity contribution >= 4 is 11.5 Å². The molecule has 3 nitrogen and oxygen atoms in total. The minimum atomic E-state index is 0.301. The van der Waals surface area contributed by atoms with Crippen molar-refractivity contribution in [2.45, 2.75) is 32.6 Å². The summed E-state index contributed by atoms with van der Waals surface area (Å²) in [4.78, 5) is 0. The van der Waals surface area contributed by atoms with Gasteiger partial charge in [0, 0.05) is 5.38 Å². The normalized spacial score (nSPS) is 32.3. The first-order valence-electron chi connectivity index (χ1n) is 5.23. The fourth-order valence-electron chi connectivity index (χ4n) is 2.57. The number of nitrogens with zero attached hydrogens (tertiary/aromatic N) is 2. The number of hydrogen-bond donors (Lipinski definition) is 1. The van der Waals surface area contributed by atoms with Crippen LogP contribution in [0.15, 0.2) is 5.38 Å². The van der Waals surface area contributed by atoms with Crippen LogP contribution in [0.1, 0.15) is 31.9 Å². The van der Waals surface area contributed by atoms with Crippen molar-refractivity contribution in [1.82, 2.24) is 9.59 Å². The summed E-state index contributed by atoms with van der Waals surface area (Å²) in [5.74, 6) is 0.731. The molecule has 1 aliphatic carbocycles. The summed E-state index contributed by atoms with van der Waals surface area (Å²) in [5, 5.41) is 6.16. The number of rotatable bonds is 3. The van der Waals surface area contributed by atoms with Crippen LogP contribution < -0.4 is 5.73 Å². The van der Waals surface area contributed by atoms with E-state index in [1.54, 1.807) is 0 Å². The molecule has 2 atom stereocenters. The Kier molecular flexibility index (Phi) is 2.83. The van der Waals surface area contributed by atoms with E-state index < -0.39 is 0 Å². The lowest BCUT2D eigenvalue weighted by molar-refractivity contribution is 0.221. The second-order valence-corrected chi connectivity index (χ2v) is 5.04. The molecule has 1 fully saturated rings. The van der Waals surface area contributed by atoms with Crippen molar-refractivity contribution < 1.29 is 0 Å². The molecule has 14 heavy (non-hydrogen) atoms. The largest absolute Gasteiger partial charge is 0.330 e. The van der Waals surface area contributed by atoms with Gasteiger partial charge in [0.15, 0.2) is 0 Å². The second kappa shape index (κ2) is 3.95. The third-order valence-corrected chi connectivity index (χ3v) is 4.26. The van der Waals surface area contributed by atoms with E-state index in [0.717, 1.165) is 24.6 Å². The van der Waals surface area contributed by atoms with Crippen LogP contribution in [0.4, 0.5) is 0 Å². The Morgan fingerprint density at radius 2 is 2.57 bits per heavy atom. The topological polar surface area (TPSA) is 51.8 Å². The fraction of sp³-hybridized carbons (Fsp3) is 0.800. The van der Waals surface area contributed by atoms with Gasteiger partial charge >= 0.3 is 0 Å². The highest BCUT2D eigenvalue weighted by Crippen LogP contribution is 2.44. The highest BCUT2D eigenvalue weighted by molar-refractivity contribution is 7.03. The van der Waals surface area contributed by atoms with Gasteiger partial charge in [-0.2, -0.15) is 0 Å². The van der Waals surface area contributed by atoms with Crippen molar-refractivity contribution in [2.75, 3.05) is 6.54 Å². The molecule has 2 rings (SSSR count). The molecule has 78 valence electrons. The zero-order valence-electron chi connectivity index (χ0n) is 8.57. The molecule has 0 spiro atoms. The van der Waals surface area contributed by atoms with Crippen LogP contribution in [0.3, 0.4) is 0 Å². The first-order chi connectivity index (χ1) is 6.77. The van der Waals surface area contributed by atoms with Crippen LogP contribution in [-0.4, -0.2) is 16.1 Å². The summed E-state index contributed by atoms with van der Waals surface area (Å²) in [6, 6.07) is 0. The average Bonchev–Trinajstić information content (AvgIpc) is 2.79. The quantitative estimate of drug-likeness (QED) is 0.830. The van der Waals surface area contributed by atoms with Gasteiger partial charge in [-0.05, 0) is 42.3 Å². The molecule has 2 unspecified atom stereocenters. The van der Waals surface area contributed by atoms with Gasteiger partial charge in [-0.1, -0.05) is 24.3 Å². The Labute approximate surface area is 88.9 Å². The Morgan fingerprint density at radius 3 is 3.07 bits per heavy atom. The van der Waals surface area contributed by atoms with Crippen LogP contribution in [-0.2, 0) is 6.42 Å². The molecule has 0 aliphatic heterocycles. The average molecular weight is 211 g/mol. The fourth-order valence-corrected chi connectivity index (χ4v) is 3.02. The minimum Gasteiger partial charge on any atom is -0.330 e. The molecule has 0 aromatic carbocycles. The SMILES string of the molecule is CC1CCCC1(CN)Cc1csnn1. The van der Waals surface area contributed by atoms with Crippen molar-refractivity contribution in [2.24, 2.45) is 17.1 Å². The summed E-state index contributed by atoms with van der Waals surface area (Å²) in [6.45, 7) is 3.10. The predicted octanol–water partition coefficient (Wildman–Crippen LogP) is 1.85. The van der Waals surface area contributed by atoms with Crippen molar-refractivity contribution in [3.8, 4) is 0 Å². The van der Waals surface area contributed by atoms with E-state index in [0.29, 0.717) is 5.41 Å².